The Labute approximate surface area is 392 Å². The molecular formula is C53H57N2O11P. The molecule has 6 aromatic rings. The molecule has 14 heteroatoms. The topological polar surface area (TPSA) is 149 Å². The maximum absolute atomic E-state index is 14.5. The van der Waals surface area contributed by atoms with Gasteiger partial charge in [-0.15, -0.1) is 0 Å². The number of hydrogen-bond acceptors (Lipinski definition) is 11. The van der Waals surface area contributed by atoms with Gasteiger partial charge in [0.2, 0.25) is 5.91 Å². The Bertz CT molecular complexity index is 2520. The summed E-state index contributed by atoms with van der Waals surface area (Å²) in [5.74, 6) is 0.580. The summed E-state index contributed by atoms with van der Waals surface area (Å²) in [6.07, 6.45) is -0.732. The fraction of sp³-hybridized carbons (Fsp3) is 0.283. The molecule has 67 heavy (non-hydrogen) atoms. The first-order valence-electron chi connectivity index (χ1n) is 22.1. The average molecular weight is 929 g/mol. The van der Waals surface area contributed by atoms with Gasteiger partial charge in [0, 0.05) is 26.7 Å². The summed E-state index contributed by atoms with van der Waals surface area (Å²) in [7, 11) is 2.09. The maximum Gasteiger partial charge on any atom is 0.475 e. The third-order valence-electron chi connectivity index (χ3n) is 11.7. The van der Waals surface area contributed by atoms with Crippen LogP contribution in [0.3, 0.4) is 0 Å². The van der Waals surface area contributed by atoms with Gasteiger partial charge >= 0.3 is 13.9 Å². The Morgan fingerprint density at radius 3 is 1.81 bits per heavy atom. The van der Waals surface area contributed by atoms with E-state index < -0.39 is 37.6 Å². The second-order valence-electron chi connectivity index (χ2n) is 15.9. The van der Waals surface area contributed by atoms with Gasteiger partial charge in [-0.1, -0.05) is 134 Å². The SMILES string of the molecule is CCC(COC)OP(=O)(OC)OCc1cccc(CNC(=O)C(COC(c2ccccc2)(c2ccc(OC)cc2)c2ccc(OC)cc2)NC(=O)OCC2c3ccccc3-c3ccccc32)c1. The number of rotatable bonds is 23. The zero-order valence-corrected chi connectivity index (χ0v) is 39.2. The Morgan fingerprint density at radius 1 is 0.672 bits per heavy atom. The van der Waals surface area contributed by atoms with Gasteiger partial charge in [-0.3, -0.25) is 18.4 Å². The lowest BCUT2D eigenvalue weighted by molar-refractivity contribution is -0.126. The highest BCUT2D eigenvalue weighted by Gasteiger charge is 2.40. The first-order chi connectivity index (χ1) is 32.6. The van der Waals surface area contributed by atoms with Gasteiger partial charge in [-0.25, -0.2) is 9.36 Å². The molecular weight excluding hydrogens is 872 g/mol. The molecule has 350 valence electrons. The summed E-state index contributed by atoms with van der Waals surface area (Å²) in [6, 6.07) is 46.9. The van der Waals surface area contributed by atoms with Crippen LogP contribution < -0.4 is 20.1 Å². The lowest BCUT2D eigenvalue weighted by Gasteiger charge is -2.37. The quantitative estimate of drug-likeness (QED) is 0.0467. The molecule has 0 heterocycles. The lowest BCUT2D eigenvalue weighted by Crippen LogP contribution is -2.51. The standard InChI is InChI=1S/C53H57N2O11P/c1-6-42(34-59-2)66-67(58,62-5)65-33-38-16-14-15-37(31-38)32-54-51(56)50(55-52(57)63-35-49-47-21-12-10-19-45(47)46-20-11-13-22-48(46)49)36-64-53(39-17-8-7-9-18-39,40-23-27-43(60-3)28-24-40)41-25-29-44(61-4)30-26-41/h7-31,42,49-50H,6,32-36H2,1-5H3,(H,54,56)(H,55,57). The molecule has 7 rings (SSSR count). The molecule has 1 aliphatic rings. The number of phosphoric acid groups is 1. The molecule has 0 spiro atoms. The van der Waals surface area contributed by atoms with Crippen molar-refractivity contribution in [3.63, 3.8) is 0 Å². The van der Waals surface area contributed by atoms with Crippen molar-refractivity contribution < 1.29 is 51.4 Å². The molecule has 13 nitrogen and oxygen atoms in total. The van der Waals surface area contributed by atoms with E-state index in [9.17, 15) is 14.2 Å². The summed E-state index contributed by atoms with van der Waals surface area (Å²) >= 11 is 0. The molecule has 0 aliphatic heterocycles. The van der Waals surface area contributed by atoms with Crippen LogP contribution in [0, 0.1) is 0 Å². The highest BCUT2D eigenvalue weighted by Crippen LogP contribution is 2.51. The number of methoxy groups -OCH3 is 3. The minimum absolute atomic E-state index is 0.0437. The van der Waals surface area contributed by atoms with E-state index in [1.54, 1.807) is 26.4 Å². The van der Waals surface area contributed by atoms with Gasteiger partial charge in [-0.2, -0.15) is 0 Å². The van der Waals surface area contributed by atoms with Crippen molar-refractivity contribution in [3.05, 3.63) is 191 Å². The first kappa shape index (κ1) is 48.6. The molecule has 1 aliphatic carbocycles. The molecule has 2 N–H and O–H groups in total. The van der Waals surface area contributed by atoms with Crippen LogP contribution in [0.25, 0.3) is 11.1 Å². The van der Waals surface area contributed by atoms with Crippen LogP contribution in [-0.2, 0) is 55.9 Å². The van der Waals surface area contributed by atoms with Gasteiger partial charge in [0.05, 0.1) is 40.1 Å². The maximum atomic E-state index is 14.5. The van der Waals surface area contributed by atoms with Crippen LogP contribution in [-0.4, -0.2) is 72.4 Å². The molecule has 3 unspecified atom stereocenters. The highest BCUT2D eigenvalue weighted by atomic mass is 31.2. The van der Waals surface area contributed by atoms with Gasteiger partial charge in [-0.05, 0) is 80.8 Å². The van der Waals surface area contributed by atoms with E-state index in [0.29, 0.717) is 29.0 Å². The zero-order chi connectivity index (χ0) is 47.2. The molecule has 2 amide bonds. The van der Waals surface area contributed by atoms with Crippen LogP contribution in [0.5, 0.6) is 11.5 Å². The average Bonchev–Trinajstić information content (AvgIpc) is 3.70. The molecule has 6 aromatic carbocycles. The summed E-state index contributed by atoms with van der Waals surface area (Å²) in [6.45, 7) is 1.84. The van der Waals surface area contributed by atoms with Gasteiger partial charge < -0.3 is 34.3 Å². The minimum atomic E-state index is -3.91. The van der Waals surface area contributed by atoms with Crippen molar-refractivity contribution in [1.82, 2.24) is 10.6 Å². The molecule has 0 saturated heterocycles. The minimum Gasteiger partial charge on any atom is -0.497 e. The molecule has 0 saturated carbocycles. The van der Waals surface area contributed by atoms with Gasteiger partial charge in [0.1, 0.15) is 29.7 Å². The highest BCUT2D eigenvalue weighted by molar-refractivity contribution is 7.48. The lowest BCUT2D eigenvalue weighted by atomic mass is 9.80. The number of amides is 2. The Balaban J connectivity index is 1.15. The Morgan fingerprint density at radius 2 is 1.24 bits per heavy atom. The largest absolute Gasteiger partial charge is 0.497 e. The Kier molecular flexibility index (Phi) is 16.6. The van der Waals surface area contributed by atoms with Crippen LogP contribution in [0.15, 0.2) is 152 Å². The third kappa shape index (κ3) is 11.6. The normalized spacial score (nSPS) is 13.9. The molecule has 0 fully saturated rings. The number of carbonyl (C=O) groups is 2. The van der Waals surface area contributed by atoms with Gasteiger partial charge in [0.15, 0.2) is 0 Å². The van der Waals surface area contributed by atoms with Crippen LogP contribution >= 0.6 is 7.82 Å². The van der Waals surface area contributed by atoms with Crippen LogP contribution in [0.2, 0.25) is 0 Å². The van der Waals surface area contributed by atoms with Crippen molar-refractivity contribution >= 4 is 19.8 Å². The van der Waals surface area contributed by atoms with Crippen molar-refractivity contribution in [1.29, 1.82) is 0 Å². The number of nitrogens with one attached hydrogen (secondary N) is 2. The summed E-state index contributed by atoms with van der Waals surface area (Å²) in [4.78, 5) is 28.5. The predicted molar refractivity (Wildman–Crippen MR) is 255 cm³/mol. The number of hydrogen-bond donors (Lipinski definition) is 2. The van der Waals surface area contributed by atoms with Crippen LogP contribution in [0.1, 0.15) is 58.2 Å². The number of benzene rings is 6. The number of phosphoric ester groups is 1. The van der Waals surface area contributed by atoms with E-state index in [1.807, 2.05) is 134 Å². The predicted octanol–water partition coefficient (Wildman–Crippen LogP) is 9.95. The monoisotopic (exact) mass is 928 g/mol. The Hall–Kier alpha value is -6.31. The summed E-state index contributed by atoms with van der Waals surface area (Å²) in [5, 5.41) is 5.84. The number of ether oxygens (including phenoxy) is 5. The van der Waals surface area contributed by atoms with Crippen molar-refractivity contribution in [2.75, 3.05) is 48.3 Å². The van der Waals surface area contributed by atoms with Crippen molar-refractivity contribution in [3.8, 4) is 22.6 Å². The first-order valence-corrected chi connectivity index (χ1v) is 23.5. The summed E-state index contributed by atoms with van der Waals surface area (Å²) in [5.41, 5.74) is 6.66. The number of fused-ring (bicyclic) bond motifs is 3. The number of carbonyl (C=O) groups excluding carboxylic acids is 2. The zero-order valence-electron chi connectivity index (χ0n) is 38.3. The second kappa shape index (κ2) is 22.9. The third-order valence-corrected chi connectivity index (χ3v) is 13.2. The number of alkyl carbamates (subject to hydrolysis) is 1. The molecule has 0 bridgehead atoms. The smallest absolute Gasteiger partial charge is 0.475 e. The van der Waals surface area contributed by atoms with Crippen LogP contribution in [0.4, 0.5) is 4.79 Å². The van der Waals surface area contributed by atoms with Crippen molar-refractivity contribution in [2.24, 2.45) is 0 Å². The summed E-state index contributed by atoms with van der Waals surface area (Å²) < 4.78 is 59.1. The van der Waals surface area contributed by atoms with E-state index >= 15 is 0 Å². The molecule has 0 aromatic heterocycles. The van der Waals surface area contributed by atoms with E-state index in [2.05, 4.69) is 22.8 Å². The van der Waals surface area contributed by atoms with Crippen molar-refractivity contribution in [2.45, 2.75) is 50.2 Å². The molecule has 3 atom stereocenters. The van der Waals surface area contributed by atoms with Gasteiger partial charge in [0.25, 0.3) is 0 Å². The fourth-order valence-corrected chi connectivity index (χ4v) is 9.40. The van der Waals surface area contributed by atoms with E-state index in [1.165, 1.54) is 14.2 Å². The van der Waals surface area contributed by atoms with E-state index in [4.69, 9.17) is 37.3 Å². The second-order valence-corrected chi connectivity index (χ2v) is 17.6. The van der Waals surface area contributed by atoms with E-state index in [-0.39, 0.29) is 38.9 Å². The molecule has 0 radical (unpaired) electrons. The van der Waals surface area contributed by atoms with E-state index in [0.717, 1.165) is 38.9 Å². The fourth-order valence-electron chi connectivity index (χ4n) is 8.26.